The predicted octanol–water partition coefficient (Wildman–Crippen LogP) is 3.55. The fourth-order valence-electron chi connectivity index (χ4n) is 2.54. The molecule has 3 rings (SSSR count). The zero-order valence-electron chi connectivity index (χ0n) is 15.6. The normalized spacial score (nSPS) is 11.4. The Morgan fingerprint density at radius 2 is 1.83 bits per heavy atom. The zero-order valence-corrected chi connectivity index (χ0v) is 17.2. The number of hydrogen-bond donors (Lipinski definition) is 1. The van der Waals surface area contributed by atoms with Gasteiger partial charge in [0.2, 0.25) is 0 Å². The van der Waals surface area contributed by atoms with Gasteiger partial charge in [0.15, 0.2) is 15.0 Å². The van der Waals surface area contributed by atoms with Crippen LogP contribution in [0.4, 0.5) is 9.52 Å². The Morgan fingerprint density at radius 1 is 1.14 bits per heavy atom. The molecular formula is C20H19FN2O4S2. The van der Waals surface area contributed by atoms with E-state index in [0.29, 0.717) is 17.1 Å². The molecule has 29 heavy (non-hydrogen) atoms. The van der Waals surface area contributed by atoms with Gasteiger partial charge in [-0.05, 0) is 42.0 Å². The van der Waals surface area contributed by atoms with Crippen LogP contribution in [0.2, 0.25) is 0 Å². The molecule has 0 aliphatic carbocycles. The third-order valence-electron chi connectivity index (χ3n) is 4.10. The standard InChI is InChI=1S/C20H19FN2O4S2/c1-27-10-11-29(25,26)18-8-4-15(5-9-18)19(24)23-20-22-13-17(28-20)12-14-2-6-16(21)7-3-14/h2-9,13H,10-12H2,1H3,(H,22,23,24). The number of nitrogens with zero attached hydrogens (tertiary/aromatic N) is 1. The van der Waals surface area contributed by atoms with Gasteiger partial charge in [0.1, 0.15) is 5.82 Å². The summed E-state index contributed by atoms with van der Waals surface area (Å²) in [6, 6.07) is 11.9. The van der Waals surface area contributed by atoms with E-state index in [9.17, 15) is 17.6 Å². The lowest BCUT2D eigenvalue weighted by molar-refractivity contribution is 0.102. The molecule has 0 fully saturated rings. The first-order valence-electron chi connectivity index (χ1n) is 8.69. The van der Waals surface area contributed by atoms with Crippen molar-refractivity contribution < 1.29 is 22.3 Å². The summed E-state index contributed by atoms with van der Waals surface area (Å²) in [4.78, 5) is 17.6. The molecule has 0 aliphatic heterocycles. The van der Waals surface area contributed by atoms with Crippen molar-refractivity contribution >= 4 is 32.2 Å². The van der Waals surface area contributed by atoms with Gasteiger partial charge in [0.25, 0.3) is 5.91 Å². The van der Waals surface area contributed by atoms with Crippen molar-refractivity contribution in [1.29, 1.82) is 0 Å². The maximum atomic E-state index is 13.0. The maximum Gasteiger partial charge on any atom is 0.257 e. The van der Waals surface area contributed by atoms with Gasteiger partial charge in [-0.1, -0.05) is 12.1 Å². The molecule has 1 aromatic heterocycles. The Bertz CT molecular complexity index is 1080. The molecule has 0 aliphatic rings. The van der Waals surface area contributed by atoms with Crippen LogP contribution in [0.3, 0.4) is 0 Å². The number of hydrogen-bond acceptors (Lipinski definition) is 6. The van der Waals surface area contributed by atoms with Crippen molar-refractivity contribution in [2.45, 2.75) is 11.3 Å². The summed E-state index contributed by atoms with van der Waals surface area (Å²) >= 11 is 1.32. The van der Waals surface area contributed by atoms with Crippen LogP contribution in [-0.2, 0) is 21.0 Å². The highest BCUT2D eigenvalue weighted by Crippen LogP contribution is 2.22. The van der Waals surface area contributed by atoms with Gasteiger partial charge in [-0.15, -0.1) is 11.3 Å². The van der Waals surface area contributed by atoms with Crippen LogP contribution >= 0.6 is 11.3 Å². The average Bonchev–Trinajstić information content (AvgIpc) is 3.15. The van der Waals surface area contributed by atoms with Crippen LogP contribution in [0, 0.1) is 5.82 Å². The van der Waals surface area contributed by atoms with Crippen molar-refractivity contribution in [3.05, 3.63) is 76.5 Å². The van der Waals surface area contributed by atoms with Crippen LogP contribution < -0.4 is 5.32 Å². The van der Waals surface area contributed by atoms with Crippen LogP contribution in [0.1, 0.15) is 20.8 Å². The van der Waals surface area contributed by atoms with Gasteiger partial charge in [-0.2, -0.15) is 0 Å². The number of rotatable bonds is 8. The second-order valence-corrected chi connectivity index (χ2v) is 9.45. The number of thiazole rings is 1. The lowest BCUT2D eigenvalue weighted by atomic mass is 10.1. The summed E-state index contributed by atoms with van der Waals surface area (Å²) in [5.74, 6) is -0.789. The summed E-state index contributed by atoms with van der Waals surface area (Å²) in [6.45, 7) is 0.106. The van der Waals surface area contributed by atoms with E-state index in [4.69, 9.17) is 4.74 Å². The molecule has 9 heteroatoms. The number of anilines is 1. The molecular weight excluding hydrogens is 415 g/mol. The summed E-state index contributed by atoms with van der Waals surface area (Å²) in [6.07, 6.45) is 2.25. The Balaban J connectivity index is 1.63. The van der Waals surface area contributed by atoms with Crippen LogP contribution in [0.25, 0.3) is 0 Å². The summed E-state index contributed by atoms with van der Waals surface area (Å²) < 4.78 is 42.0. The number of ether oxygens (including phenoxy) is 1. The van der Waals surface area contributed by atoms with Gasteiger partial charge >= 0.3 is 0 Å². The third-order valence-corrected chi connectivity index (χ3v) is 6.70. The fourth-order valence-corrected chi connectivity index (χ4v) is 4.56. The summed E-state index contributed by atoms with van der Waals surface area (Å²) in [7, 11) is -2.01. The third kappa shape index (κ3) is 5.69. The minimum Gasteiger partial charge on any atom is -0.384 e. The number of nitrogens with one attached hydrogen (secondary N) is 1. The molecule has 0 bridgehead atoms. The number of sulfone groups is 1. The molecule has 0 saturated heterocycles. The quantitative estimate of drug-likeness (QED) is 0.586. The van der Waals surface area contributed by atoms with Crippen molar-refractivity contribution in [2.24, 2.45) is 0 Å². The number of halogens is 1. The second kappa shape index (κ2) is 9.25. The molecule has 6 nitrogen and oxygen atoms in total. The summed E-state index contributed by atoms with van der Waals surface area (Å²) in [5.41, 5.74) is 1.27. The van der Waals surface area contributed by atoms with E-state index in [1.807, 2.05) is 0 Å². The number of carbonyl (C=O) groups is 1. The van der Waals surface area contributed by atoms with Crippen molar-refractivity contribution in [3.8, 4) is 0 Å². The van der Waals surface area contributed by atoms with E-state index in [1.54, 1.807) is 18.3 Å². The molecule has 0 atom stereocenters. The number of carbonyl (C=O) groups excluding carboxylic acids is 1. The SMILES string of the molecule is COCCS(=O)(=O)c1ccc(C(=O)Nc2ncc(Cc3ccc(F)cc3)s2)cc1. The predicted molar refractivity (Wildman–Crippen MR) is 110 cm³/mol. The maximum absolute atomic E-state index is 13.0. The smallest absolute Gasteiger partial charge is 0.257 e. The topological polar surface area (TPSA) is 85.4 Å². The van der Waals surface area contributed by atoms with Crippen LogP contribution in [0.5, 0.6) is 0 Å². The highest BCUT2D eigenvalue weighted by Gasteiger charge is 2.15. The highest BCUT2D eigenvalue weighted by molar-refractivity contribution is 7.91. The first kappa shape index (κ1) is 21.1. The fraction of sp³-hybridized carbons (Fsp3) is 0.200. The van der Waals surface area contributed by atoms with Crippen molar-refractivity contribution in [2.75, 3.05) is 24.8 Å². The number of benzene rings is 2. The van der Waals surface area contributed by atoms with E-state index in [0.717, 1.165) is 10.4 Å². The molecule has 1 amide bonds. The molecule has 1 N–H and O–H groups in total. The van der Waals surface area contributed by atoms with E-state index in [2.05, 4.69) is 10.3 Å². The van der Waals surface area contributed by atoms with E-state index in [1.165, 1.54) is 54.8 Å². The number of methoxy groups -OCH3 is 1. The lowest BCUT2D eigenvalue weighted by Crippen LogP contribution is -2.13. The molecule has 2 aromatic carbocycles. The highest BCUT2D eigenvalue weighted by atomic mass is 32.2. The van der Waals surface area contributed by atoms with Gasteiger partial charge in [0, 0.05) is 30.2 Å². The van der Waals surface area contributed by atoms with Crippen LogP contribution in [-0.4, -0.2) is 38.8 Å². The number of amides is 1. The lowest BCUT2D eigenvalue weighted by Gasteiger charge is -2.05. The van der Waals surface area contributed by atoms with Gasteiger partial charge in [0.05, 0.1) is 17.3 Å². The molecule has 152 valence electrons. The molecule has 0 spiro atoms. The van der Waals surface area contributed by atoms with E-state index < -0.39 is 9.84 Å². The first-order valence-corrected chi connectivity index (χ1v) is 11.2. The Hall–Kier alpha value is -2.62. The zero-order chi connectivity index (χ0) is 20.9. The molecule has 1 heterocycles. The Kier molecular flexibility index (Phi) is 6.73. The van der Waals surface area contributed by atoms with Gasteiger partial charge < -0.3 is 4.74 Å². The average molecular weight is 435 g/mol. The van der Waals surface area contributed by atoms with Crippen LogP contribution in [0.15, 0.2) is 59.6 Å². The molecule has 3 aromatic rings. The van der Waals surface area contributed by atoms with Crippen molar-refractivity contribution in [1.82, 2.24) is 4.98 Å². The van der Waals surface area contributed by atoms with Crippen molar-refractivity contribution in [3.63, 3.8) is 0 Å². The van der Waals surface area contributed by atoms with E-state index >= 15 is 0 Å². The van der Waals surface area contributed by atoms with Gasteiger partial charge in [-0.3, -0.25) is 10.1 Å². The second-order valence-electron chi connectivity index (χ2n) is 6.23. The molecule has 0 unspecified atom stereocenters. The Morgan fingerprint density at radius 3 is 2.48 bits per heavy atom. The van der Waals surface area contributed by atoms with Gasteiger partial charge in [-0.25, -0.2) is 17.8 Å². The Labute approximate surface area is 172 Å². The molecule has 0 radical (unpaired) electrons. The largest absolute Gasteiger partial charge is 0.384 e. The summed E-state index contributed by atoms with van der Waals surface area (Å²) in [5, 5.41) is 3.14. The first-order chi connectivity index (χ1) is 13.9. The van der Waals surface area contributed by atoms with E-state index in [-0.39, 0.29) is 29.0 Å². The monoisotopic (exact) mass is 434 g/mol. The minimum absolute atomic E-state index is 0.106. The number of aromatic nitrogens is 1. The minimum atomic E-state index is -3.44. The molecule has 0 saturated carbocycles.